The van der Waals surface area contributed by atoms with Crippen molar-refractivity contribution in [2.24, 2.45) is 5.10 Å². The normalized spacial score (nSPS) is 11.3. The number of amides is 1. The van der Waals surface area contributed by atoms with Crippen LogP contribution in [0.5, 0.6) is 0 Å². The van der Waals surface area contributed by atoms with Crippen molar-refractivity contribution < 1.29 is 9.72 Å². The van der Waals surface area contributed by atoms with Gasteiger partial charge in [-0.3, -0.25) is 14.9 Å². The first-order chi connectivity index (χ1) is 17.4. The number of hydrazone groups is 1. The molecule has 36 heavy (non-hydrogen) atoms. The molecule has 178 valence electrons. The molecule has 2 aromatic heterocycles. The number of benzene rings is 3. The minimum absolute atomic E-state index is 0.0592. The molecule has 3 aromatic carbocycles. The average Bonchev–Trinajstić information content (AvgIpc) is 3.47. The van der Waals surface area contributed by atoms with E-state index in [1.54, 1.807) is 35.1 Å². The van der Waals surface area contributed by atoms with E-state index in [0.29, 0.717) is 27.2 Å². The number of nitro benzene ring substituents is 1. The van der Waals surface area contributed by atoms with Gasteiger partial charge in [-0.05, 0) is 24.3 Å². The van der Waals surface area contributed by atoms with E-state index in [9.17, 15) is 14.9 Å². The Morgan fingerprint density at radius 1 is 1.08 bits per heavy atom. The number of aromatic nitrogens is 2. The van der Waals surface area contributed by atoms with Crippen LogP contribution < -0.4 is 5.43 Å². The third-order valence-electron chi connectivity index (χ3n) is 5.28. The largest absolute Gasteiger partial charge is 0.283 e. The molecule has 1 amide bonds. The van der Waals surface area contributed by atoms with Crippen molar-refractivity contribution in [1.29, 1.82) is 0 Å². The maximum atomic E-state index is 12.8. The molecule has 0 bridgehead atoms. The van der Waals surface area contributed by atoms with Crippen LogP contribution in [0.3, 0.4) is 0 Å². The Balaban J connectivity index is 1.48. The van der Waals surface area contributed by atoms with Gasteiger partial charge in [-0.2, -0.15) is 10.2 Å². The highest BCUT2D eigenvalue weighted by molar-refractivity contribution is 7.21. The zero-order valence-electron chi connectivity index (χ0n) is 18.3. The monoisotopic (exact) mass is 535 g/mol. The third-order valence-corrected chi connectivity index (χ3v) is 7.23. The molecule has 0 saturated carbocycles. The highest BCUT2D eigenvalue weighted by atomic mass is 35.5. The fourth-order valence-corrected chi connectivity index (χ4v) is 5.46. The van der Waals surface area contributed by atoms with E-state index in [-0.39, 0.29) is 15.6 Å². The zero-order chi connectivity index (χ0) is 25.2. The van der Waals surface area contributed by atoms with Gasteiger partial charge < -0.3 is 0 Å². The van der Waals surface area contributed by atoms with E-state index in [4.69, 9.17) is 23.2 Å². The Morgan fingerprint density at radius 3 is 2.61 bits per heavy atom. The van der Waals surface area contributed by atoms with Crippen molar-refractivity contribution in [3.8, 4) is 16.9 Å². The first-order valence-corrected chi connectivity index (χ1v) is 12.1. The van der Waals surface area contributed by atoms with Gasteiger partial charge in [-0.25, -0.2) is 10.1 Å². The molecule has 0 aliphatic carbocycles. The number of fused-ring (bicyclic) bond motifs is 1. The summed E-state index contributed by atoms with van der Waals surface area (Å²) in [5, 5.41) is 21.4. The van der Waals surface area contributed by atoms with Crippen molar-refractivity contribution >= 4 is 62.4 Å². The van der Waals surface area contributed by atoms with E-state index in [1.807, 2.05) is 36.4 Å². The van der Waals surface area contributed by atoms with Crippen molar-refractivity contribution in [2.75, 3.05) is 0 Å². The quantitative estimate of drug-likeness (QED) is 0.148. The smallest absolute Gasteiger partial charge is 0.266 e. The molecule has 1 N–H and O–H groups in total. The number of rotatable bonds is 6. The van der Waals surface area contributed by atoms with Gasteiger partial charge in [0.15, 0.2) is 0 Å². The molecule has 5 aromatic rings. The SMILES string of the molecule is O=C(N/N=C/c1cn(-c2ccccc2)nc1-c1cccc([N+](=O)[O-])c1)c1sc2cccc(Cl)c2c1Cl. The lowest BCUT2D eigenvalue weighted by molar-refractivity contribution is -0.384. The van der Waals surface area contributed by atoms with Gasteiger partial charge in [0.25, 0.3) is 11.6 Å². The third kappa shape index (κ3) is 4.59. The molecular weight excluding hydrogens is 521 g/mol. The number of nitro groups is 1. The lowest BCUT2D eigenvalue weighted by atomic mass is 10.1. The lowest BCUT2D eigenvalue weighted by Crippen LogP contribution is -2.16. The number of hydrogen-bond donors (Lipinski definition) is 1. The van der Waals surface area contributed by atoms with E-state index < -0.39 is 10.8 Å². The molecule has 0 saturated heterocycles. The number of nitrogens with one attached hydrogen (secondary N) is 1. The summed E-state index contributed by atoms with van der Waals surface area (Å²) >= 11 is 13.9. The fraction of sp³-hybridized carbons (Fsp3) is 0. The molecule has 8 nitrogen and oxygen atoms in total. The maximum absolute atomic E-state index is 12.8. The van der Waals surface area contributed by atoms with Gasteiger partial charge in [-0.1, -0.05) is 59.6 Å². The summed E-state index contributed by atoms with van der Waals surface area (Å²) < 4.78 is 2.43. The second kappa shape index (κ2) is 9.90. The van der Waals surface area contributed by atoms with Crippen LogP contribution in [0.4, 0.5) is 5.69 Å². The minimum atomic E-state index is -0.485. The van der Waals surface area contributed by atoms with Gasteiger partial charge in [-0.15, -0.1) is 11.3 Å². The minimum Gasteiger partial charge on any atom is -0.266 e. The summed E-state index contributed by atoms with van der Waals surface area (Å²) in [4.78, 5) is 23.9. The number of non-ortho nitro benzene ring substituents is 1. The van der Waals surface area contributed by atoms with Crippen LogP contribution in [-0.2, 0) is 0 Å². The standard InChI is InChI=1S/C25H15Cl2N5O3S/c26-19-10-5-11-20-21(19)22(27)24(36-20)25(33)29-28-13-16-14-31(17-7-2-1-3-8-17)30-23(16)15-6-4-9-18(12-15)32(34)35/h1-14H,(H,29,33)/b28-13+. The summed E-state index contributed by atoms with van der Waals surface area (Å²) in [7, 11) is 0. The lowest BCUT2D eigenvalue weighted by Gasteiger charge is -2.01. The molecule has 11 heteroatoms. The first-order valence-electron chi connectivity index (χ1n) is 10.5. The van der Waals surface area contributed by atoms with Crippen LogP contribution in [0, 0.1) is 10.1 Å². The zero-order valence-corrected chi connectivity index (χ0v) is 20.6. The Labute approximate surface area is 218 Å². The molecule has 0 aliphatic heterocycles. The van der Waals surface area contributed by atoms with Crippen molar-refractivity contribution in [2.45, 2.75) is 0 Å². The molecule has 0 atom stereocenters. The molecule has 0 unspecified atom stereocenters. The van der Waals surface area contributed by atoms with Crippen LogP contribution in [0.1, 0.15) is 15.2 Å². The highest BCUT2D eigenvalue weighted by Crippen LogP contribution is 2.39. The number of carbonyl (C=O) groups is 1. The summed E-state index contributed by atoms with van der Waals surface area (Å²) in [5.74, 6) is -0.485. The van der Waals surface area contributed by atoms with Gasteiger partial charge in [0, 0.05) is 39.5 Å². The van der Waals surface area contributed by atoms with Gasteiger partial charge >= 0.3 is 0 Å². The highest BCUT2D eigenvalue weighted by Gasteiger charge is 2.19. The number of nitrogens with zero attached hydrogens (tertiary/aromatic N) is 4. The van der Waals surface area contributed by atoms with Gasteiger partial charge in [0.2, 0.25) is 0 Å². The van der Waals surface area contributed by atoms with E-state index in [2.05, 4.69) is 15.6 Å². The molecule has 0 fully saturated rings. The Kier molecular flexibility index (Phi) is 6.51. The van der Waals surface area contributed by atoms with Gasteiger partial charge in [0.1, 0.15) is 10.6 Å². The molecule has 0 aliphatic rings. The van der Waals surface area contributed by atoms with Crippen molar-refractivity contribution in [1.82, 2.24) is 15.2 Å². The summed E-state index contributed by atoms with van der Waals surface area (Å²) in [5.41, 5.74) is 4.78. The first kappa shape index (κ1) is 23.7. The maximum Gasteiger partial charge on any atom is 0.283 e. The number of halogens is 2. The fourth-order valence-electron chi connectivity index (χ4n) is 3.61. The molecular formula is C25H15Cl2N5O3S. The summed E-state index contributed by atoms with van der Waals surface area (Å²) in [6, 6.07) is 20.9. The van der Waals surface area contributed by atoms with Crippen molar-refractivity contribution in [3.63, 3.8) is 0 Å². The Hall–Kier alpha value is -4.05. The van der Waals surface area contributed by atoms with E-state index >= 15 is 0 Å². The second-order valence-corrected chi connectivity index (χ2v) is 9.42. The predicted molar refractivity (Wildman–Crippen MR) is 143 cm³/mol. The van der Waals surface area contributed by atoms with Gasteiger partial charge in [0.05, 0.1) is 26.9 Å². The number of para-hydroxylation sites is 1. The number of thiophene rings is 1. The van der Waals surface area contributed by atoms with Crippen LogP contribution in [-0.4, -0.2) is 26.8 Å². The van der Waals surface area contributed by atoms with Crippen LogP contribution in [0.25, 0.3) is 27.0 Å². The number of carbonyl (C=O) groups excluding carboxylic acids is 1. The Morgan fingerprint density at radius 2 is 1.86 bits per heavy atom. The number of hydrogen-bond acceptors (Lipinski definition) is 6. The second-order valence-electron chi connectivity index (χ2n) is 7.58. The average molecular weight is 536 g/mol. The van der Waals surface area contributed by atoms with Crippen LogP contribution in [0.2, 0.25) is 10.0 Å². The predicted octanol–water partition coefficient (Wildman–Crippen LogP) is 6.73. The molecule has 5 rings (SSSR count). The summed E-state index contributed by atoms with van der Waals surface area (Å²) in [6.07, 6.45) is 3.16. The topological polar surface area (TPSA) is 102 Å². The molecule has 0 spiro atoms. The van der Waals surface area contributed by atoms with E-state index in [0.717, 1.165) is 10.4 Å². The van der Waals surface area contributed by atoms with E-state index in [1.165, 1.54) is 29.7 Å². The molecule has 2 heterocycles. The van der Waals surface area contributed by atoms with Crippen molar-refractivity contribution in [3.05, 3.63) is 110 Å². The van der Waals surface area contributed by atoms with Crippen LogP contribution >= 0.6 is 34.5 Å². The van der Waals surface area contributed by atoms with Crippen LogP contribution in [0.15, 0.2) is 84.1 Å². The molecule has 0 radical (unpaired) electrons. The Bertz CT molecular complexity index is 1650. The summed E-state index contributed by atoms with van der Waals surface area (Å²) in [6.45, 7) is 0.